The summed E-state index contributed by atoms with van der Waals surface area (Å²) in [4.78, 5) is 13.0. The Bertz CT molecular complexity index is 750. The first kappa shape index (κ1) is 14.3. The standard InChI is InChI=1S/C15H15NO3S2/c17-15(16-12-7-9-21(18,19)10-12)14-13(6-8-20-14)11-4-2-1-3-5-11/h1-6,8,12H,7,9-10H2,(H,16,17)/t12-/m1/s1. The summed E-state index contributed by atoms with van der Waals surface area (Å²) in [6.07, 6.45) is 0.500. The molecule has 1 amide bonds. The maximum absolute atomic E-state index is 12.4. The Morgan fingerprint density at radius 3 is 2.62 bits per heavy atom. The molecule has 1 atom stereocenters. The van der Waals surface area contributed by atoms with Crippen molar-refractivity contribution in [1.82, 2.24) is 5.32 Å². The Morgan fingerprint density at radius 2 is 1.95 bits per heavy atom. The fourth-order valence-electron chi connectivity index (χ4n) is 2.49. The third-order valence-corrected chi connectivity index (χ3v) is 6.21. The third kappa shape index (κ3) is 3.16. The van der Waals surface area contributed by atoms with E-state index in [1.165, 1.54) is 11.3 Å². The van der Waals surface area contributed by atoms with Crippen LogP contribution in [0.15, 0.2) is 41.8 Å². The van der Waals surface area contributed by atoms with Gasteiger partial charge in [-0.3, -0.25) is 4.79 Å². The van der Waals surface area contributed by atoms with Crippen molar-refractivity contribution in [3.8, 4) is 11.1 Å². The number of carbonyl (C=O) groups is 1. The quantitative estimate of drug-likeness (QED) is 0.944. The van der Waals surface area contributed by atoms with E-state index in [4.69, 9.17) is 0 Å². The second kappa shape index (κ2) is 5.61. The van der Waals surface area contributed by atoms with Crippen molar-refractivity contribution in [1.29, 1.82) is 0 Å². The van der Waals surface area contributed by atoms with Crippen molar-refractivity contribution in [2.24, 2.45) is 0 Å². The minimum Gasteiger partial charge on any atom is -0.348 e. The van der Waals surface area contributed by atoms with Gasteiger partial charge in [-0.15, -0.1) is 11.3 Å². The van der Waals surface area contributed by atoms with Gasteiger partial charge in [0.1, 0.15) is 0 Å². The van der Waals surface area contributed by atoms with E-state index in [-0.39, 0.29) is 23.5 Å². The Balaban J connectivity index is 1.79. The van der Waals surface area contributed by atoms with E-state index in [1.807, 2.05) is 41.8 Å². The van der Waals surface area contributed by atoms with E-state index in [0.29, 0.717) is 11.3 Å². The molecule has 0 unspecified atom stereocenters. The molecule has 3 rings (SSSR count). The minimum absolute atomic E-state index is 0.0464. The second-order valence-corrected chi connectivity index (χ2v) is 8.25. The SMILES string of the molecule is O=C(N[C@@H]1CCS(=O)(=O)C1)c1sccc1-c1ccccc1. The van der Waals surface area contributed by atoms with E-state index >= 15 is 0 Å². The molecule has 0 radical (unpaired) electrons. The highest BCUT2D eigenvalue weighted by molar-refractivity contribution is 7.91. The van der Waals surface area contributed by atoms with E-state index in [1.54, 1.807) is 0 Å². The van der Waals surface area contributed by atoms with Gasteiger partial charge in [-0.05, 0) is 23.4 Å². The van der Waals surface area contributed by atoms with E-state index < -0.39 is 9.84 Å². The van der Waals surface area contributed by atoms with Gasteiger partial charge in [0.15, 0.2) is 9.84 Å². The number of amides is 1. The molecule has 0 aliphatic carbocycles. The van der Waals surface area contributed by atoms with Crippen LogP contribution in [0.3, 0.4) is 0 Å². The van der Waals surface area contributed by atoms with Gasteiger partial charge < -0.3 is 5.32 Å². The summed E-state index contributed by atoms with van der Waals surface area (Å²) < 4.78 is 22.9. The van der Waals surface area contributed by atoms with Gasteiger partial charge in [0.25, 0.3) is 5.91 Å². The Morgan fingerprint density at radius 1 is 1.19 bits per heavy atom. The van der Waals surface area contributed by atoms with Crippen LogP contribution in [0, 0.1) is 0 Å². The van der Waals surface area contributed by atoms with E-state index in [2.05, 4.69) is 5.32 Å². The fraction of sp³-hybridized carbons (Fsp3) is 0.267. The number of carbonyl (C=O) groups excluding carboxylic acids is 1. The van der Waals surface area contributed by atoms with Gasteiger partial charge in [0.05, 0.1) is 16.4 Å². The monoisotopic (exact) mass is 321 g/mol. The molecule has 21 heavy (non-hydrogen) atoms. The van der Waals surface area contributed by atoms with Crippen LogP contribution in [0.1, 0.15) is 16.1 Å². The normalized spacial score (nSPS) is 20.3. The van der Waals surface area contributed by atoms with Gasteiger partial charge in [-0.1, -0.05) is 30.3 Å². The first-order valence-corrected chi connectivity index (χ1v) is 9.39. The van der Waals surface area contributed by atoms with Gasteiger partial charge in [0.2, 0.25) is 0 Å². The van der Waals surface area contributed by atoms with Crippen LogP contribution >= 0.6 is 11.3 Å². The summed E-state index contributed by atoms with van der Waals surface area (Å²) in [5.41, 5.74) is 1.88. The van der Waals surface area contributed by atoms with Crippen molar-refractivity contribution in [3.05, 3.63) is 46.7 Å². The fourth-order valence-corrected chi connectivity index (χ4v) is 4.98. The van der Waals surface area contributed by atoms with Crippen molar-refractivity contribution in [2.45, 2.75) is 12.5 Å². The Hall–Kier alpha value is -1.66. The smallest absolute Gasteiger partial charge is 0.262 e. The lowest BCUT2D eigenvalue weighted by Gasteiger charge is -2.11. The summed E-state index contributed by atoms with van der Waals surface area (Å²) in [6, 6.07) is 11.3. The molecule has 2 aromatic rings. The molecule has 1 aromatic carbocycles. The van der Waals surface area contributed by atoms with Crippen LogP contribution in [0.2, 0.25) is 0 Å². The summed E-state index contributed by atoms with van der Waals surface area (Å²) >= 11 is 1.37. The number of sulfone groups is 1. The average molecular weight is 321 g/mol. The maximum Gasteiger partial charge on any atom is 0.262 e. The summed E-state index contributed by atoms with van der Waals surface area (Å²) in [5, 5.41) is 4.72. The zero-order valence-electron chi connectivity index (χ0n) is 11.3. The number of hydrogen-bond donors (Lipinski definition) is 1. The molecular formula is C15H15NO3S2. The highest BCUT2D eigenvalue weighted by atomic mass is 32.2. The first-order chi connectivity index (χ1) is 10.1. The first-order valence-electron chi connectivity index (χ1n) is 6.69. The van der Waals surface area contributed by atoms with Crippen LogP contribution in [-0.2, 0) is 9.84 Å². The highest BCUT2D eigenvalue weighted by Crippen LogP contribution is 2.28. The van der Waals surface area contributed by atoms with Gasteiger partial charge in [-0.2, -0.15) is 0 Å². The molecular weight excluding hydrogens is 306 g/mol. The lowest BCUT2D eigenvalue weighted by atomic mass is 10.1. The maximum atomic E-state index is 12.4. The summed E-state index contributed by atoms with van der Waals surface area (Å²) in [7, 11) is -2.98. The highest BCUT2D eigenvalue weighted by Gasteiger charge is 2.29. The van der Waals surface area contributed by atoms with Crippen molar-refractivity contribution in [2.75, 3.05) is 11.5 Å². The number of nitrogens with one attached hydrogen (secondary N) is 1. The van der Waals surface area contributed by atoms with Crippen LogP contribution in [-0.4, -0.2) is 31.9 Å². The average Bonchev–Trinajstić information content (AvgIpc) is 3.06. The summed E-state index contributed by atoms with van der Waals surface area (Å²) in [5.74, 6) is 0.0181. The summed E-state index contributed by atoms with van der Waals surface area (Å²) in [6.45, 7) is 0. The Labute approximate surface area is 127 Å². The van der Waals surface area contributed by atoms with E-state index in [0.717, 1.165) is 11.1 Å². The lowest BCUT2D eigenvalue weighted by molar-refractivity contribution is 0.0946. The molecule has 1 N–H and O–H groups in total. The molecule has 0 bridgehead atoms. The number of benzene rings is 1. The van der Waals surface area contributed by atoms with Crippen LogP contribution in [0.25, 0.3) is 11.1 Å². The molecule has 1 aromatic heterocycles. The molecule has 6 heteroatoms. The predicted molar refractivity (Wildman–Crippen MR) is 84.3 cm³/mol. The largest absolute Gasteiger partial charge is 0.348 e. The van der Waals surface area contributed by atoms with Gasteiger partial charge in [0, 0.05) is 11.6 Å². The minimum atomic E-state index is -2.98. The Kier molecular flexibility index (Phi) is 3.82. The number of hydrogen-bond acceptors (Lipinski definition) is 4. The van der Waals surface area contributed by atoms with Crippen molar-refractivity contribution >= 4 is 27.1 Å². The molecule has 0 saturated carbocycles. The van der Waals surface area contributed by atoms with E-state index in [9.17, 15) is 13.2 Å². The molecule has 1 saturated heterocycles. The van der Waals surface area contributed by atoms with Gasteiger partial charge in [-0.25, -0.2) is 8.42 Å². The van der Waals surface area contributed by atoms with Crippen LogP contribution < -0.4 is 5.32 Å². The van der Waals surface area contributed by atoms with Crippen molar-refractivity contribution < 1.29 is 13.2 Å². The molecule has 1 aliphatic rings. The van der Waals surface area contributed by atoms with Crippen LogP contribution in [0.4, 0.5) is 0 Å². The number of rotatable bonds is 3. The second-order valence-electron chi connectivity index (χ2n) is 5.10. The zero-order valence-corrected chi connectivity index (χ0v) is 12.9. The lowest BCUT2D eigenvalue weighted by Crippen LogP contribution is -2.35. The zero-order chi connectivity index (χ0) is 14.9. The van der Waals surface area contributed by atoms with Crippen molar-refractivity contribution in [3.63, 3.8) is 0 Å². The number of thiophene rings is 1. The topological polar surface area (TPSA) is 63.2 Å². The molecule has 4 nitrogen and oxygen atoms in total. The molecule has 1 aliphatic heterocycles. The van der Waals surface area contributed by atoms with Crippen LogP contribution in [0.5, 0.6) is 0 Å². The molecule has 0 spiro atoms. The van der Waals surface area contributed by atoms with Gasteiger partial charge >= 0.3 is 0 Å². The predicted octanol–water partition coefficient (Wildman–Crippen LogP) is 2.33. The molecule has 2 heterocycles. The molecule has 1 fully saturated rings. The third-order valence-electron chi connectivity index (χ3n) is 3.52. The molecule has 110 valence electrons.